The predicted octanol–water partition coefficient (Wildman–Crippen LogP) is 3.21. The van der Waals surface area contributed by atoms with Crippen LogP contribution in [0.3, 0.4) is 0 Å². The number of methoxy groups -OCH3 is 1. The summed E-state index contributed by atoms with van der Waals surface area (Å²) in [7, 11) is 1.31. The van der Waals surface area contributed by atoms with Crippen LogP contribution in [0.25, 0.3) is 0 Å². The smallest absolute Gasteiger partial charge is 0.307 e. The lowest BCUT2D eigenvalue weighted by molar-refractivity contribution is -0.140. The fraction of sp³-hybridized carbons (Fsp3) is 0.222. The minimum atomic E-state index is -0.367. The summed E-state index contributed by atoms with van der Waals surface area (Å²) in [5, 5.41) is 3.31. The van der Waals surface area contributed by atoms with Gasteiger partial charge in [-0.3, -0.25) is 9.59 Å². The zero-order valence-corrected chi connectivity index (χ0v) is 14.0. The van der Waals surface area contributed by atoms with Gasteiger partial charge in [0.25, 0.3) is 5.91 Å². The largest absolute Gasteiger partial charge is 0.489 e. The Labute approximate surface area is 145 Å². The van der Waals surface area contributed by atoms with Crippen molar-refractivity contribution in [2.45, 2.75) is 13.0 Å². The van der Waals surface area contributed by atoms with E-state index in [-0.39, 0.29) is 24.8 Å². The van der Waals surface area contributed by atoms with E-state index in [1.165, 1.54) is 7.11 Å². The second-order valence-electron chi connectivity index (χ2n) is 5.03. The van der Waals surface area contributed by atoms with Crippen LogP contribution >= 0.6 is 11.6 Å². The zero-order valence-electron chi connectivity index (χ0n) is 13.3. The van der Waals surface area contributed by atoms with E-state index in [4.69, 9.17) is 16.3 Å². The van der Waals surface area contributed by atoms with E-state index in [9.17, 15) is 9.59 Å². The van der Waals surface area contributed by atoms with Crippen molar-refractivity contribution in [1.82, 2.24) is 5.32 Å². The van der Waals surface area contributed by atoms with Gasteiger partial charge in [0.05, 0.1) is 13.5 Å². The second-order valence-corrected chi connectivity index (χ2v) is 5.46. The van der Waals surface area contributed by atoms with Gasteiger partial charge in [-0.25, -0.2) is 0 Å². The van der Waals surface area contributed by atoms with Crippen molar-refractivity contribution in [1.29, 1.82) is 0 Å². The number of halogens is 1. The topological polar surface area (TPSA) is 64.6 Å². The molecule has 0 unspecified atom stereocenters. The van der Waals surface area contributed by atoms with Crippen molar-refractivity contribution in [3.05, 3.63) is 64.7 Å². The number of hydrogen-bond acceptors (Lipinski definition) is 4. The third-order valence-electron chi connectivity index (χ3n) is 3.23. The molecule has 0 radical (unpaired) electrons. The van der Waals surface area contributed by atoms with Crippen molar-refractivity contribution < 1.29 is 19.1 Å². The molecule has 0 saturated carbocycles. The molecule has 0 aliphatic carbocycles. The highest BCUT2D eigenvalue weighted by atomic mass is 35.5. The molecule has 0 fully saturated rings. The summed E-state index contributed by atoms with van der Waals surface area (Å²) < 4.78 is 10.2. The highest BCUT2D eigenvalue weighted by molar-refractivity contribution is 6.30. The molecule has 0 aliphatic heterocycles. The monoisotopic (exact) mass is 347 g/mol. The van der Waals surface area contributed by atoms with Crippen LogP contribution in [0.15, 0.2) is 48.5 Å². The van der Waals surface area contributed by atoms with Crippen molar-refractivity contribution in [2.75, 3.05) is 13.7 Å². The van der Waals surface area contributed by atoms with Crippen LogP contribution in [0.5, 0.6) is 5.75 Å². The number of esters is 1. The van der Waals surface area contributed by atoms with E-state index in [1.807, 2.05) is 18.2 Å². The van der Waals surface area contributed by atoms with E-state index in [0.717, 1.165) is 5.56 Å². The molecule has 0 aliphatic rings. The van der Waals surface area contributed by atoms with Gasteiger partial charge in [-0.2, -0.15) is 0 Å². The first-order valence-electron chi connectivity index (χ1n) is 7.41. The number of carbonyl (C=O) groups excluding carboxylic acids is 2. The maximum Gasteiger partial charge on any atom is 0.307 e. The van der Waals surface area contributed by atoms with Crippen LogP contribution in [-0.4, -0.2) is 25.5 Å². The highest BCUT2D eigenvalue weighted by Gasteiger charge is 2.08. The molecule has 1 N–H and O–H groups in total. The summed E-state index contributed by atoms with van der Waals surface area (Å²) in [4.78, 5) is 23.1. The number of nitrogens with one attached hydrogen (secondary N) is 1. The van der Waals surface area contributed by atoms with Crippen LogP contribution < -0.4 is 10.1 Å². The van der Waals surface area contributed by atoms with Gasteiger partial charge >= 0.3 is 5.97 Å². The van der Waals surface area contributed by atoms with Crippen LogP contribution in [0.2, 0.25) is 5.02 Å². The fourth-order valence-electron chi connectivity index (χ4n) is 2.00. The molecule has 0 aromatic heterocycles. The molecule has 5 nitrogen and oxygen atoms in total. The number of carbonyl (C=O) groups is 2. The van der Waals surface area contributed by atoms with Crippen molar-refractivity contribution in [2.24, 2.45) is 0 Å². The number of ether oxygens (including phenoxy) is 2. The molecule has 1 amide bonds. The number of hydrogen-bond donors (Lipinski definition) is 1. The minimum Gasteiger partial charge on any atom is -0.489 e. The molecule has 0 saturated heterocycles. The van der Waals surface area contributed by atoms with Crippen LogP contribution in [0, 0.1) is 0 Å². The SMILES string of the molecule is COC(=O)CCNC(=O)c1cccc(OCc2cccc(Cl)c2)c1. The minimum absolute atomic E-state index is 0.132. The molecule has 0 atom stereocenters. The maximum atomic E-state index is 12.0. The second kappa shape index (κ2) is 8.93. The average Bonchev–Trinajstić information content (AvgIpc) is 2.60. The van der Waals surface area contributed by atoms with Gasteiger partial charge in [-0.05, 0) is 35.9 Å². The van der Waals surface area contributed by atoms with Crippen LogP contribution in [0.1, 0.15) is 22.3 Å². The summed E-state index contributed by atoms with van der Waals surface area (Å²) in [6.07, 6.45) is 0.132. The van der Waals surface area contributed by atoms with E-state index in [1.54, 1.807) is 30.3 Å². The molecule has 2 rings (SSSR count). The molecule has 2 aromatic carbocycles. The van der Waals surface area contributed by atoms with Crippen LogP contribution in [0.4, 0.5) is 0 Å². The molecule has 126 valence electrons. The maximum absolute atomic E-state index is 12.0. The Morgan fingerprint density at radius 1 is 1.12 bits per heavy atom. The summed E-state index contributed by atoms with van der Waals surface area (Å²) >= 11 is 5.93. The zero-order chi connectivity index (χ0) is 17.4. The lowest BCUT2D eigenvalue weighted by atomic mass is 10.2. The molecule has 0 bridgehead atoms. The summed E-state index contributed by atoms with van der Waals surface area (Å²) in [6, 6.07) is 14.2. The van der Waals surface area contributed by atoms with Gasteiger partial charge in [0.1, 0.15) is 12.4 Å². The van der Waals surface area contributed by atoms with Gasteiger partial charge in [0.2, 0.25) is 0 Å². The summed E-state index contributed by atoms with van der Waals surface area (Å²) in [5.74, 6) is -0.0587. The molecular formula is C18H18ClNO4. The van der Waals surface area contributed by atoms with Gasteiger partial charge in [-0.1, -0.05) is 29.8 Å². The Bertz CT molecular complexity index is 718. The highest BCUT2D eigenvalue weighted by Crippen LogP contribution is 2.17. The quantitative estimate of drug-likeness (QED) is 0.781. The number of amides is 1. The number of benzene rings is 2. The first-order chi connectivity index (χ1) is 11.6. The first-order valence-corrected chi connectivity index (χ1v) is 7.78. The summed E-state index contributed by atoms with van der Waals surface area (Å²) in [6.45, 7) is 0.576. The third kappa shape index (κ3) is 5.59. The molecular weight excluding hydrogens is 330 g/mol. The van der Waals surface area contributed by atoms with Crippen molar-refractivity contribution >= 4 is 23.5 Å². The van der Waals surface area contributed by atoms with Crippen molar-refractivity contribution in [3.63, 3.8) is 0 Å². The summed E-state index contributed by atoms with van der Waals surface area (Å²) in [5.41, 5.74) is 1.40. The third-order valence-corrected chi connectivity index (χ3v) is 3.47. The normalized spacial score (nSPS) is 10.1. The first kappa shape index (κ1) is 17.8. The molecule has 0 spiro atoms. The molecule has 0 heterocycles. The Kier molecular flexibility index (Phi) is 6.63. The molecule has 2 aromatic rings. The van der Waals surface area contributed by atoms with Gasteiger partial charge < -0.3 is 14.8 Å². The van der Waals surface area contributed by atoms with E-state index in [0.29, 0.717) is 22.9 Å². The van der Waals surface area contributed by atoms with E-state index in [2.05, 4.69) is 10.1 Å². The Hall–Kier alpha value is -2.53. The van der Waals surface area contributed by atoms with Gasteiger partial charge in [0.15, 0.2) is 0 Å². The standard InChI is InChI=1S/C18H18ClNO4/c1-23-17(21)8-9-20-18(22)14-5-3-7-16(11-14)24-12-13-4-2-6-15(19)10-13/h2-7,10-11H,8-9,12H2,1H3,(H,20,22). The van der Waals surface area contributed by atoms with E-state index < -0.39 is 0 Å². The Balaban J connectivity index is 1.90. The van der Waals surface area contributed by atoms with E-state index >= 15 is 0 Å². The fourth-order valence-corrected chi connectivity index (χ4v) is 2.22. The molecule has 24 heavy (non-hydrogen) atoms. The Morgan fingerprint density at radius 2 is 1.92 bits per heavy atom. The Morgan fingerprint density at radius 3 is 2.67 bits per heavy atom. The van der Waals surface area contributed by atoms with Crippen molar-refractivity contribution in [3.8, 4) is 5.75 Å². The predicted molar refractivity (Wildman–Crippen MR) is 91.2 cm³/mol. The van der Waals surface area contributed by atoms with Gasteiger partial charge in [-0.15, -0.1) is 0 Å². The lowest BCUT2D eigenvalue weighted by Gasteiger charge is -2.09. The van der Waals surface area contributed by atoms with Crippen LogP contribution in [-0.2, 0) is 16.1 Å². The lowest BCUT2D eigenvalue weighted by Crippen LogP contribution is -2.26. The average molecular weight is 348 g/mol. The number of rotatable bonds is 7. The molecule has 6 heteroatoms. The van der Waals surface area contributed by atoms with Gasteiger partial charge in [0, 0.05) is 17.1 Å².